The van der Waals surface area contributed by atoms with E-state index in [0.717, 1.165) is 41.3 Å². The number of benzene rings is 2. The quantitative estimate of drug-likeness (QED) is 0.547. The zero-order valence-electron chi connectivity index (χ0n) is 16.6. The molecular formula is C25H23ClN2OS. The van der Waals surface area contributed by atoms with Gasteiger partial charge in [-0.3, -0.25) is 9.79 Å². The summed E-state index contributed by atoms with van der Waals surface area (Å²) in [6.45, 7) is 0.457. The third-order valence-electron chi connectivity index (χ3n) is 5.11. The number of para-hydroxylation sites is 1. The first-order chi connectivity index (χ1) is 14.7. The van der Waals surface area contributed by atoms with E-state index in [2.05, 4.69) is 30.3 Å². The molecule has 0 unspecified atom stereocenters. The number of amides is 1. The molecule has 0 radical (unpaired) electrons. The molecular weight excluding hydrogens is 412 g/mol. The number of hydrogen-bond donors (Lipinski definition) is 0. The van der Waals surface area contributed by atoms with Crippen molar-refractivity contribution in [3.63, 3.8) is 0 Å². The van der Waals surface area contributed by atoms with Crippen molar-refractivity contribution < 1.29 is 4.79 Å². The monoisotopic (exact) mass is 434 g/mol. The van der Waals surface area contributed by atoms with Crippen molar-refractivity contribution in [1.29, 1.82) is 0 Å². The van der Waals surface area contributed by atoms with Crippen LogP contribution in [0.1, 0.15) is 24.8 Å². The van der Waals surface area contributed by atoms with Gasteiger partial charge in [-0.15, -0.1) is 11.8 Å². The third kappa shape index (κ3) is 5.13. The predicted octanol–water partition coefficient (Wildman–Crippen LogP) is 6.57. The average Bonchev–Trinajstić information content (AvgIpc) is 2.75. The first-order valence-electron chi connectivity index (χ1n) is 10.0. The summed E-state index contributed by atoms with van der Waals surface area (Å²) in [5, 5.41) is 1.69. The predicted molar refractivity (Wildman–Crippen MR) is 128 cm³/mol. The molecule has 0 saturated heterocycles. The second kappa shape index (κ2) is 9.96. The Bertz CT molecular complexity index is 1040. The first kappa shape index (κ1) is 20.7. The highest BCUT2D eigenvalue weighted by Gasteiger charge is 2.21. The van der Waals surface area contributed by atoms with Gasteiger partial charge in [0.15, 0.2) is 0 Å². The van der Waals surface area contributed by atoms with Crippen molar-refractivity contribution in [2.24, 2.45) is 4.99 Å². The van der Waals surface area contributed by atoms with Crippen LogP contribution in [0.5, 0.6) is 0 Å². The molecule has 2 aliphatic rings. The van der Waals surface area contributed by atoms with Crippen molar-refractivity contribution in [3.8, 4) is 0 Å². The van der Waals surface area contributed by atoms with E-state index >= 15 is 0 Å². The van der Waals surface area contributed by atoms with Crippen molar-refractivity contribution in [2.45, 2.75) is 25.0 Å². The van der Waals surface area contributed by atoms with E-state index in [1.165, 1.54) is 11.1 Å². The molecule has 4 rings (SSSR count). The van der Waals surface area contributed by atoms with Gasteiger partial charge in [-0.2, -0.15) is 0 Å². The molecule has 0 fully saturated rings. The fourth-order valence-electron chi connectivity index (χ4n) is 3.50. The Hall–Kier alpha value is -2.56. The van der Waals surface area contributed by atoms with Crippen molar-refractivity contribution in [2.75, 3.05) is 11.4 Å². The topological polar surface area (TPSA) is 32.7 Å². The number of aliphatic imine (C=N–C) groups is 1. The van der Waals surface area contributed by atoms with E-state index in [4.69, 9.17) is 16.6 Å². The second-order valence-corrected chi connectivity index (χ2v) is 8.66. The van der Waals surface area contributed by atoms with Crippen LogP contribution < -0.4 is 4.90 Å². The molecule has 0 aromatic heterocycles. The lowest BCUT2D eigenvalue weighted by Crippen LogP contribution is -2.33. The lowest BCUT2D eigenvalue weighted by Gasteiger charge is -2.26. The zero-order chi connectivity index (χ0) is 20.8. The molecule has 0 saturated carbocycles. The molecule has 0 N–H and O–H groups in total. The maximum Gasteiger partial charge on any atom is 0.251 e. The van der Waals surface area contributed by atoms with Gasteiger partial charge in [-0.1, -0.05) is 66.2 Å². The highest BCUT2D eigenvalue weighted by molar-refractivity contribution is 8.13. The molecule has 152 valence electrons. The summed E-state index contributed by atoms with van der Waals surface area (Å²) >= 11 is 8.17. The first-order valence-corrected chi connectivity index (χ1v) is 11.4. The van der Waals surface area contributed by atoms with Crippen LogP contribution in [0.25, 0.3) is 0 Å². The number of thioether (sulfide) groups is 1. The Morgan fingerprint density at radius 2 is 1.83 bits per heavy atom. The molecule has 0 bridgehead atoms. The Morgan fingerprint density at radius 3 is 2.67 bits per heavy atom. The van der Waals surface area contributed by atoms with Gasteiger partial charge in [0.2, 0.25) is 0 Å². The van der Waals surface area contributed by atoms with Gasteiger partial charge in [0.05, 0.1) is 22.3 Å². The van der Waals surface area contributed by atoms with Crippen LogP contribution in [0.15, 0.2) is 95.2 Å². The van der Waals surface area contributed by atoms with Gasteiger partial charge in [0.25, 0.3) is 5.91 Å². The Balaban J connectivity index is 1.59. The standard InChI is InChI=1S/C25H23ClN2OS/c26-22-12-4-5-13-23(22)28-17-21-16-27-24(30-18-19-8-2-1-3-9-19)14-6-10-20(21)11-7-15-25(28)29/h1-5,7-10,12-13,15-16H,6,11,14,17-18H2. The number of rotatable bonds is 3. The van der Waals surface area contributed by atoms with E-state index in [1.807, 2.05) is 42.6 Å². The summed E-state index contributed by atoms with van der Waals surface area (Å²) in [4.78, 5) is 19.3. The van der Waals surface area contributed by atoms with Gasteiger partial charge in [-0.05, 0) is 54.2 Å². The molecule has 2 aromatic rings. The highest BCUT2D eigenvalue weighted by Crippen LogP contribution is 2.30. The number of allylic oxidation sites excluding steroid dienone is 2. The SMILES string of the molecule is O=C1C=CCC2=CCCC(SCc3ccccc3)=NC=C2CN1c1ccccc1Cl. The fourth-order valence-corrected chi connectivity index (χ4v) is 4.66. The van der Waals surface area contributed by atoms with Crippen molar-refractivity contribution >= 4 is 40.0 Å². The van der Waals surface area contributed by atoms with Crippen LogP contribution in [0.3, 0.4) is 0 Å². The van der Waals surface area contributed by atoms with E-state index in [0.29, 0.717) is 11.6 Å². The smallest absolute Gasteiger partial charge is 0.251 e. The molecule has 2 aromatic carbocycles. The van der Waals surface area contributed by atoms with Crippen LogP contribution in [-0.2, 0) is 10.5 Å². The zero-order valence-corrected chi connectivity index (χ0v) is 18.2. The van der Waals surface area contributed by atoms with Crippen LogP contribution in [-0.4, -0.2) is 17.5 Å². The molecule has 30 heavy (non-hydrogen) atoms. The normalized spacial score (nSPS) is 17.0. The van der Waals surface area contributed by atoms with Crippen LogP contribution in [0.4, 0.5) is 5.69 Å². The Labute approximate surface area is 186 Å². The van der Waals surface area contributed by atoms with Gasteiger partial charge in [-0.25, -0.2) is 0 Å². The lowest BCUT2D eigenvalue weighted by molar-refractivity contribution is -0.114. The largest absolute Gasteiger partial charge is 0.303 e. The molecule has 2 heterocycles. The molecule has 3 nitrogen and oxygen atoms in total. The summed E-state index contributed by atoms with van der Waals surface area (Å²) < 4.78 is 0. The molecule has 5 heteroatoms. The van der Waals surface area contributed by atoms with Crippen molar-refractivity contribution in [3.05, 3.63) is 101 Å². The number of nitrogens with zero attached hydrogens (tertiary/aromatic N) is 2. The van der Waals surface area contributed by atoms with E-state index in [9.17, 15) is 4.79 Å². The molecule has 0 spiro atoms. The third-order valence-corrected chi connectivity index (χ3v) is 6.55. The number of carbonyl (C=O) groups is 1. The van der Waals surface area contributed by atoms with Crippen LogP contribution >= 0.6 is 23.4 Å². The van der Waals surface area contributed by atoms with Crippen molar-refractivity contribution in [1.82, 2.24) is 0 Å². The van der Waals surface area contributed by atoms with Gasteiger partial charge >= 0.3 is 0 Å². The minimum Gasteiger partial charge on any atom is -0.303 e. The molecule has 0 aliphatic carbocycles. The van der Waals surface area contributed by atoms with E-state index in [-0.39, 0.29) is 5.91 Å². The van der Waals surface area contributed by atoms with E-state index < -0.39 is 0 Å². The summed E-state index contributed by atoms with van der Waals surface area (Å²) in [5.74, 6) is 0.847. The van der Waals surface area contributed by atoms with Gasteiger partial charge < -0.3 is 4.90 Å². The number of halogens is 1. The number of anilines is 1. The Morgan fingerprint density at radius 1 is 1.03 bits per heavy atom. The maximum atomic E-state index is 12.8. The molecule has 2 aliphatic heterocycles. The lowest BCUT2D eigenvalue weighted by atomic mass is 9.98. The summed E-state index contributed by atoms with van der Waals surface area (Å²) in [6, 6.07) is 17.9. The Kier molecular flexibility index (Phi) is 6.88. The highest BCUT2D eigenvalue weighted by atomic mass is 35.5. The molecule has 0 atom stereocenters. The van der Waals surface area contributed by atoms with Crippen LogP contribution in [0.2, 0.25) is 5.02 Å². The number of fused-ring (bicyclic) bond motifs is 1. The maximum absolute atomic E-state index is 12.8. The van der Waals surface area contributed by atoms with E-state index in [1.54, 1.807) is 22.7 Å². The number of carbonyl (C=O) groups excluding carboxylic acids is 1. The molecule has 1 amide bonds. The minimum atomic E-state index is -0.0623. The summed E-state index contributed by atoms with van der Waals surface area (Å²) in [6.07, 6.45) is 10.4. The summed E-state index contributed by atoms with van der Waals surface area (Å²) in [5.41, 5.74) is 4.31. The fraction of sp³-hybridized carbons (Fsp3) is 0.200. The number of hydrogen-bond acceptors (Lipinski definition) is 3. The summed E-state index contributed by atoms with van der Waals surface area (Å²) in [7, 11) is 0. The van der Waals surface area contributed by atoms with Gasteiger partial charge in [0.1, 0.15) is 0 Å². The average molecular weight is 435 g/mol. The second-order valence-electron chi connectivity index (χ2n) is 7.20. The van der Waals surface area contributed by atoms with Crippen LogP contribution in [0, 0.1) is 0 Å². The minimum absolute atomic E-state index is 0.0623. The van der Waals surface area contributed by atoms with Gasteiger partial charge in [0, 0.05) is 12.0 Å².